The fourth-order valence-electron chi connectivity index (χ4n) is 1.90. The summed E-state index contributed by atoms with van der Waals surface area (Å²) < 4.78 is 5.32. The third kappa shape index (κ3) is 7.44. The summed E-state index contributed by atoms with van der Waals surface area (Å²) >= 11 is 0. The average Bonchev–Trinajstić information content (AvgIpc) is 2.33. The van der Waals surface area contributed by atoms with Crippen LogP contribution in [0.25, 0.3) is 0 Å². The number of amides is 1. The van der Waals surface area contributed by atoms with Gasteiger partial charge < -0.3 is 14.8 Å². The maximum absolute atomic E-state index is 11.9. The van der Waals surface area contributed by atoms with Gasteiger partial charge in [-0.1, -0.05) is 0 Å². The molecule has 1 aliphatic heterocycles. The number of rotatable bonds is 3. The molecule has 22 heavy (non-hydrogen) atoms. The summed E-state index contributed by atoms with van der Waals surface area (Å²) in [7, 11) is 0. The molecule has 0 aromatic rings. The van der Waals surface area contributed by atoms with Crippen molar-refractivity contribution in [2.24, 2.45) is 5.11 Å². The Morgan fingerprint density at radius 2 is 1.77 bits per heavy atom. The van der Waals surface area contributed by atoms with E-state index >= 15 is 0 Å². The van der Waals surface area contributed by atoms with Gasteiger partial charge in [0.2, 0.25) is 0 Å². The van der Waals surface area contributed by atoms with Crippen molar-refractivity contribution < 1.29 is 19.3 Å². The predicted molar refractivity (Wildman–Crippen MR) is 80.9 cm³/mol. The number of carbonyl (C=O) groups excluding carboxylic acids is 1. The second-order valence-corrected chi connectivity index (χ2v) is 7.42. The molecule has 1 rings (SSSR count). The van der Waals surface area contributed by atoms with Crippen molar-refractivity contribution in [2.75, 3.05) is 13.1 Å². The van der Waals surface area contributed by atoms with Crippen molar-refractivity contribution in [3.8, 4) is 0 Å². The van der Waals surface area contributed by atoms with Crippen molar-refractivity contribution in [3.05, 3.63) is 5.21 Å². The van der Waals surface area contributed by atoms with Crippen LogP contribution in [0.4, 0.5) is 4.79 Å². The Morgan fingerprint density at radius 1 is 1.23 bits per heavy atom. The van der Waals surface area contributed by atoms with E-state index in [9.17, 15) is 10.0 Å². The molecule has 1 saturated heterocycles. The Bertz CT molecular complexity index is 404. The smallest absolute Gasteiger partial charge is 0.410 e. The van der Waals surface area contributed by atoms with Crippen LogP contribution in [0.15, 0.2) is 5.11 Å². The predicted octanol–water partition coefficient (Wildman–Crippen LogP) is 2.58. The monoisotopic (exact) mass is 316 g/mol. The molecule has 8 heteroatoms. The van der Waals surface area contributed by atoms with Crippen LogP contribution in [-0.4, -0.2) is 46.3 Å². The van der Waals surface area contributed by atoms with Gasteiger partial charge in [0.25, 0.3) is 0 Å². The number of carbonyl (C=O) groups is 1. The fourth-order valence-corrected chi connectivity index (χ4v) is 1.90. The number of likely N-dealkylation sites (tertiary alicyclic amines) is 1. The van der Waals surface area contributed by atoms with Crippen molar-refractivity contribution in [2.45, 2.75) is 71.6 Å². The van der Waals surface area contributed by atoms with E-state index < -0.39 is 11.1 Å². The van der Waals surface area contributed by atoms with E-state index in [1.54, 1.807) is 4.90 Å². The molecule has 0 aromatic carbocycles. The van der Waals surface area contributed by atoms with Gasteiger partial charge in [-0.05, 0) is 60.0 Å². The summed E-state index contributed by atoms with van der Waals surface area (Å²) in [5, 5.41) is 15.3. The van der Waals surface area contributed by atoms with Crippen LogP contribution in [0.2, 0.25) is 0 Å². The van der Waals surface area contributed by atoms with E-state index in [4.69, 9.17) is 9.57 Å². The van der Waals surface area contributed by atoms with E-state index in [1.807, 2.05) is 41.5 Å². The Labute approximate surface area is 132 Å². The Hall–Kier alpha value is -1.57. The number of hydrazine groups is 1. The van der Waals surface area contributed by atoms with Crippen LogP contribution in [0.5, 0.6) is 0 Å². The highest BCUT2D eigenvalue weighted by Crippen LogP contribution is 2.16. The summed E-state index contributed by atoms with van der Waals surface area (Å²) in [4.78, 5) is 19.2. The van der Waals surface area contributed by atoms with Crippen molar-refractivity contribution in [3.63, 3.8) is 0 Å². The Balaban J connectivity index is 2.34. The first-order chi connectivity index (χ1) is 9.96. The molecule has 0 aliphatic carbocycles. The number of ether oxygens (including phenoxy) is 1. The molecule has 0 unspecified atom stereocenters. The second kappa shape index (κ2) is 7.13. The lowest BCUT2D eigenvalue weighted by Crippen LogP contribution is -2.45. The minimum Gasteiger partial charge on any atom is -0.570 e. The molecule has 8 nitrogen and oxygen atoms in total. The average molecular weight is 316 g/mol. The third-order valence-electron chi connectivity index (χ3n) is 2.78. The lowest BCUT2D eigenvalue weighted by Gasteiger charge is -2.32. The van der Waals surface area contributed by atoms with Gasteiger partial charge in [0, 0.05) is 18.2 Å². The standard InChI is InChI=1S/C14H28N4O4/c1-13(2,3)15-18(20)16-22-11-7-9-17(10-8-11)12(19)21-14(4,5)6/h11H,7-10H2,1-6H3,(H,15,16). The molecular formula is C14H28N4O4. The number of nitrogens with zero attached hydrogens (tertiary/aromatic N) is 3. The molecule has 0 saturated carbocycles. The molecule has 0 radical (unpaired) electrons. The van der Waals surface area contributed by atoms with Crippen LogP contribution >= 0.6 is 0 Å². The minimum atomic E-state index is -0.497. The van der Waals surface area contributed by atoms with E-state index in [0.717, 1.165) is 0 Å². The summed E-state index contributed by atoms with van der Waals surface area (Å²) in [6, 6.07) is 0. The molecule has 0 atom stereocenters. The van der Waals surface area contributed by atoms with Gasteiger partial charge in [-0.2, -0.15) is 0 Å². The first-order valence-electron chi connectivity index (χ1n) is 7.55. The SMILES string of the molecule is CC(C)(C)N=[N+]([O-])NOC1CCN(C(=O)OC(C)(C)C)CC1. The molecule has 0 aromatic heterocycles. The molecule has 0 bridgehead atoms. The van der Waals surface area contributed by atoms with Gasteiger partial charge in [-0.25, -0.2) is 9.63 Å². The second-order valence-electron chi connectivity index (χ2n) is 7.42. The molecular weight excluding hydrogens is 288 g/mol. The van der Waals surface area contributed by atoms with Crippen LogP contribution in [0.3, 0.4) is 0 Å². The molecule has 1 N–H and O–H groups in total. The maximum atomic E-state index is 11.9. The molecule has 1 fully saturated rings. The van der Waals surface area contributed by atoms with Gasteiger partial charge >= 0.3 is 6.09 Å². The van der Waals surface area contributed by atoms with Crippen molar-refractivity contribution in [1.29, 1.82) is 0 Å². The highest BCUT2D eigenvalue weighted by Gasteiger charge is 2.28. The van der Waals surface area contributed by atoms with Crippen LogP contribution < -0.4 is 5.59 Å². The third-order valence-corrected chi connectivity index (χ3v) is 2.78. The number of piperidine rings is 1. The number of hydrogen-bond donors (Lipinski definition) is 1. The zero-order valence-electron chi connectivity index (χ0n) is 14.4. The Morgan fingerprint density at radius 3 is 2.23 bits per heavy atom. The van der Waals surface area contributed by atoms with Gasteiger partial charge in [0.05, 0.1) is 11.1 Å². The highest BCUT2D eigenvalue weighted by molar-refractivity contribution is 5.68. The summed E-state index contributed by atoms with van der Waals surface area (Å²) in [5.41, 5.74) is 1.30. The quantitative estimate of drug-likeness (QED) is 0.491. The summed E-state index contributed by atoms with van der Waals surface area (Å²) in [5.74, 6) is 0. The van der Waals surface area contributed by atoms with Crippen LogP contribution in [0, 0.1) is 5.21 Å². The number of nitrogens with one attached hydrogen (secondary N) is 1. The molecule has 128 valence electrons. The summed E-state index contributed by atoms with van der Waals surface area (Å²) in [6.45, 7) is 12.1. The normalized spacial score (nSPS) is 18.3. The molecule has 0 spiro atoms. The molecule has 1 heterocycles. The first-order valence-corrected chi connectivity index (χ1v) is 7.55. The lowest BCUT2D eigenvalue weighted by atomic mass is 10.1. The zero-order chi connectivity index (χ0) is 17.0. The van der Waals surface area contributed by atoms with E-state index in [1.165, 1.54) is 0 Å². The van der Waals surface area contributed by atoms with Crippen molar-refractivity contribution in [1.82, 2.24) is 10.5 Å². The first kappa shape index (κ1) is 18.5. The maximum Gasteiger partial charge on any atom is 0.410 e. The molecule has 1 amide bonds. The van der Waals surface area contributed by atoms with E-state index in [0.29, 0.717) is 30.9 Å². The van der Waals surface area contributed by atoms with Gasteiger partial charge in [0.1, 0.15) is 11.1 Å². The van der Waals surface area contributed by atoms with Gasteiger partial charge in [-0.15, -0.1) is 0 Å². The van der Waals surface area contributed by atoms with Gasteiger partial charge in [0.15, 0.2) is 0 Å². The number of hydrogen-bond acceptors (Lipinski definition) is 5. The topological polar surface area (TPSA) is 89.2 Å². The Kier molecular flexibility index (Phi) is 5.99. The lowest BCUT2D eigenvalue weighted by molar-refractivity contribution is -0.653. The van der Waals surface area contributed by atoms with E-state index in [2.05, 4.69) is 10.7 Å². The van der Waals surface area contributed by atoms with Gasteiger partial charge in [-0.3, -0.25) is 0 Å². The molecule has 1 aliphatic rings. The summed E-state index contributed by atoms with van der Waals surface area (Å²) in [6.07, 6.45) is 0.822. The zero-order valence-corrected chi connectivity index (χ0v) is 14.4. The highest BCUT2D eigenvalue weighted by atomic mass is 16.8. The van der Waals surface area contributed by atoms with E-state index in [-0.39, 0.29) is 12.2 Å². The fraction of sp³-hybridized carbons (Fsp3) is 0.929. The minimum absolute atomic E-state index is 0.134. The largest absolute Gasteiger partial charge is 0.570 e. The van der Waals surface area contributed by atoms with Crippen LogP contribution in [-0.2, 0) is 9.57 Å². The van der Waals surface area contributed by atoms with Crippen LogP contribution in [0.1, 0.15) is 54.4 Å². The van der Waals surface area contributed by atoms with Crippen molar-refractivity contribution >= 4 is 6.09 Å².